The highest BCUT2D eigenvalue weighted by Gasteiger charge is 2.30. The van der Waals surface area contributed by atoms with Crippen LogP contribution in [-0.4, -0.2) is 20.9 Å². The molecular formula is C31H26F3N4OP. The highest BCUT2D eigenvalue weighted by Crippen LogP contribution is 2.33. The number of halogens is 3. The van der Waals surface area contributed by atoms with Gasteiger partial charge in [-0.1, -0.05) is 89.6 Å². The number of aryl methyl sites for hydroxylation is 1. The lowest BCUT2D eigenvalue weighted by Gasteiger charge is -2.19. The molecular weight excluding hydrogens is 532 g/mol. The molecule has 0 bridgehead atoms. The quantitative estimate of drug-likeness (QED) is 0.262. The number of nitrogens with zero attached hydrogens (tertiary/aromatic N) is 3. The van der Waals surface area contributed by atoms with E-state index in [0.717, 1.165) is 17.4 Å². The number of carbonyl (C=O) groups excluding carboxylic acids is 1. The summed E-state index contributed by atoms with van der Waals surface area (Å²) >= 11 is 0. The fraction of sp³-hybridized carbons (Fsp3) is 0.129. The second-order valence-corrected chi connectivity index (χ2v) is 11.6. The van der Waals surface area contributed by atoms with Gasteiger partial charge >= 0.3 is 6.18 Å². The summed E-state index contributed by atoms with van der Waals surface area (Å²) in [6.45, 7) is 1.90. The monoisotopic (exact) mass is 558 g/mol. The van der Waals surface area contributed by atoms with Crippen molar-refractivity contribution in [3.63, 3.8) is 0 Å². The van der Waals surface area contributed by atoms with Crippen LogP contribution < -0.4 is 21.2 Å². The van der Waals surface area contributed by atoms with E-state index in [2.05, 4.69) is 39.9 Å². The molecule has 0 aliphatic heterocycles. The fourth-order valence-corrected chi connectivity index (χ4v) is 6.72. The molecule has 0 unspecified atom stereocenters. The topological polar surface area (TPSA) is 59.8 Å². The smallest absolute Gasteiger partial charge is 0.346 e. The van der Waals surface area contributed by atoms with Crippen molar-refractivity contribution in [3.8, 4) is 0 Å². The Balaban J connectivity index is 1.24. The van der Waals surface area contributed by atoms with E-state index in [1.807, 2.05) is 60.7 Å². The molecule has 0 atom stereocenters. The van der Waals surface area contributed by atoms with Gasteiger partial charge in [0.15, 0.2) is 0 Å². The van der Waals surface area contributed by atoms with E-state index in [1.165, 1.54) is 15.3 Å². The van der Waals surface area contributed by atoms with Crippen LogP contribution in [0.15, 0.2) is 109 Å². The molecule has 1 amide bonds. The molecule has 9 heteroatoms. The first-order chi connectivity index (χ1) is 19.3. The van der Waals surface area contributed by atoms with Crippen molar-refractivity contribution in [1.29, 1.82) is 0 Å². The first kappa shape index (κ1) is 27.3. The van der Waals surface area contributed by atoms with Crippen molar-refractivity contribution in [3.05, 3.63) is 137 Å². The summed E-state index contributed by atoms with van der Waals surface area (Å²) in [5.41, 5.74) is 1.32. The average molecular weight is 559 g/mol. The van der Waals surface area contributed by atoms with Crippen LogP contribution in [0.4, 0.5) is 13.2 Å². The third-order valence-electron chi connectivity index (χ3n) is 6.24. The van der Waals surface area contributed by atoms with Crippen LogP contribution in [0.2, 0.25) is 0 Å². The lowest BCUT2D eigenvalue weighted by molar-refractivity contribution is -0.137. The molecule has 1 aromatic heterocycles. The van der Waals surface area contributed by atoms with Gasteiger partial charge in [-0.15, -0.1) is 5.10 Å². The maximum atomic E-state index is 13.1. The Kier molecular flexibility index (Phi) is 8.08. The number of amides is 1. The molecule has 202 valence electrons. The van der Waals surface area contributed by atoms with Crippen LogP contribution in [0.25, 0.3) is 0 Å². The van der Waals surface area contributed by atoms with Gasteiger partial charge in [0.1, 0.15) is 5.69 Å². The number of alkyl halides is 3. The van der Waals surface area contributed by atoms with Gasteiger partial charge in [0.05, 0.1) is 24.8 Å². The van der Waals surface area contributed by atoms with Crippen LogP contribution in [0.1, 0.15) is 32.7 Å². The molecule has 40 heavy (non-hydrogen) atoms. The largest absolute Gasteiger partial charge is 0.416 e. The maximum absolute atomic E-state index is 13.1. The Morgan fingerprint density at radius 2 is 1.45 bits per heavy atom. The van der Waals surface area contributed by atoms with Gasteiger partial charge in [-0.25, -0.2) is 4.68 Å². The van der Waals surface area contributed by atoms with Crippen molar-refractivity contribution in [2.75, 3.05) is 0 Å². The number of benzene rings is 4. The van der Waals surface area contributed by atoms with Gasteiger partial charge in [0.25, 0.3) is 5.91 Å². The van der Waals surface area contributed by atoms with Crippen molar-refractivity contribution < 1.29 is 18.0 Å². The normalized spacial score (nSPS) is 11.5. The molecule has 5 nitrogen and oxygen atoms in total. The molecule has 4 aromatic carbocycles. The zero-order chi connectivity index (χ0) is 28.1. The Labute approximate surface area is 231 Å². The summed E-state index contributed by atoms with van der Waals surface area (Å²) in [5.74, 6) is -0.252. The summed E-state index contributed by atoms with van der Waals surface area (Å²) in [6, 6.07) is 32.2. The van der Waals surface area contributed by atoms with Crippen LogP contribution >= 0.6 is 7.92 Å². The van der Waals surface area contributed by atoms with Crippen LogP contribution in [0.3, 0.4) is 0 Å². The first-order valence-corrected chi connectivity index (χ1v) is 14.0. The predicted octanol–water partition coefficient (Wildman–Crippen LogP) is 5.34. The zero-order valence-electron chi connectivity index (χ0n) is 21.6. The molecule has 1 N–H and O–H groups in total. The van der Waals surface area contributed by atoms with Crippen LogP contribution in [-0.2, 0) is 19.3 Å². The summed E-state index contributed by atoms with van der Waals surface area (Å²) in [5, 5.41) is 14.5. The van der Waals surface area contributed by atoms with Crippen LogP contribution in [0, 0.1) is 6.92 Å². The fourth-order valence-electron chi connectivity index (χ4n) is 4.44. The van der Waals surface area contributed by atoms with E-state index in [0.29, 0.717) is 22.4 Å². The highest BCUT2D eigenvalue weighted by atomic mass is 31.1. The molecule has 0 radical (unpaired) electrons. The van der Waals surface area contributed by atoms with Gasteiger partial charge in [-0.2, -0.15) is 13.2 Å². The van der Waals surface area contributed by atoms with Crippen molar-refractivity contribution in [1.82, 2.24) is 20.3 Å². The molecule has 0 spiro atoms. The summed E-state index contributed by atoms with van der Waals surface area (Å²) < 4.78 is 40.9. The van der Waals surface area contributed by atoms with E-state index >= 15 is 0 Å². The Bertz CT molecular complexity index is 1550. The summed E-state index contributed by atoms with van der Waals surface area (Å²) in [7, 11) is -0.766. The summed E-state index contributed by atoms with van der Waals surface area (Å²) in [6.07, 6.45) is -2.80. The molecule has 1 heterocycles. The van der Waals surface area contributed by atoms with Crippen molar-refractivity contribution in [2.45, 2.75) is 26.2 Å². The van der Waals surface area contributed by atoms with E-state index in [1.54, 1.807) is 19.2 Å². The second-order valence-electron chi connectivity index (χ2n) is 9.35. The van der Waals surface area contributed by atoms with Gasteiger partial charge in [0, 0.05) is 5.56 Å². The van der Waals surface area contributed by atoms with E-state index < -0.39 is 19.7 Å². The summed E-state index contributed by atoms with van der Waals surface area (Å²) in [4.78, 5) is 12.8. The zero-order valence-corrected chi connectivity index (χ0v) is 22.5. The predicted molar refractivity (Wildman–Crippen MR) is 152 cm³/mol. The molecule has 0 saturated carbocycles. The molecule has 0 fully saturated rings. The van der Waals surface area contributed by atoms with Crippen molar-refractivity contribution >= 4 is 29.7 Å². The molecule has 0 aliphatic rings. The number of rotatable bonds is 8. The van der Waals surface area contributed by atoms with Gasteiger partial charge in [-0.05, 0) is 60.6 Å². The van der Waals surface area contributed by atoms with Gasteiger partial charge < -0.3 is 5.32 Å². The third kappa shape index (κ3) is 6.64. The number of hydrogen-bond donors (Lipinski definition) is 1. The first-order valence-electron chi connectivity index (χ1n) is 12.6. The number of nitrogens with one attached hydrogen (secondary N) is 1. The molecule has 5 rings (SSSR count). The minimum Gasteiger partial charge on any atom is -0.346 e. The number of carbonyl (C=O) groups is 1. The van der Waals surface area contributed by atoms with E-state index in [9.17, 15) is 18.0 Å². The second kappa shape index (κ2) is 11.8. The Morgan fingerprint density at radius 1 is 0.850 bits per heavy atom. The van der Waals surface area contributed by atoms with E-state index in [-0.39, 0.29) is 19.0 Å². The van der Waals surface area contributed by atoms with Gasteiger partial charge in [-0.3, -0.25) is 4.79 Å². The van der Waals surface area contributed by atoms with Crippen LogP contribution in [0.5, 0.6) is 0 Å². The number of aromatic nitrogens is 3. The molecule has 5 aromatic rings. The highest BCUT2D eigenvalue weighted by molar-refractivity contribution is 7.79. The SMILES string of the molecule is Cc1cc(Cn2cc(CNC(=O)c3ccc(P(c4ccccc4)c4ccccc4)cc3)nn2)cc(C(F)(F)F)c1. The average Bonchev–Trinajstić information content (AvgIpc) is 3.40. The standard InChI is InChI=1S/C31H26F3N4OP/c1-22-16-23(18-25(17-22)31(32,33)34)20-38-21-26(36-37-38)19-35-30(39)24-12-14-29(15-13-24)40(27-8-4-2-5-9-27)28-10-6-3-7-11-28/h2-18,21H,19-20H2,1H3,(H,35,39). The maximum Gasteiger partial charge on any atom is 0.416 e. The lowest BCUT2D eigenvalue weighted by atomic mass is 10.1. The minimum absolute atomic E-state index is 0.138. The molecule has 0 saturated heterocycles. The Hall–Kier alpha value is -4.29. The lowest BCUT2D eigenvalue weighted by Crippen LogP contribution is -2.24. The van der Waals surface area contributed by atoms with E-state index in [4.69, 9.17) is 0 Å². The van der Waals surface area contributed by atoms with Crippen molar-refractivity contribution in [2.24, 2.45) is 0 Å². The van der Waals surface area contributed by atoms with Gasteiger partial charge in [0.2, 0.25) is 0 Å². The minimum atomic E-state index is -4.41. The molecule has 0 aliphatic carbocycles. The number of hydrogen-bond acceptors (Lipinski definition) is 3. The Morgan fingerprint density at radius 3 is 2.05 bits per heavy atom. The third-order valence-corrected chi connectivity index (χ3v) is 8.69.